The number of anilines is 2. The fourth-order valence-corrected chi connectivity index (χ4v) is 5.96. The summed E-state index contributed by atoms with van der Waals surface area (Å²) in [6, 6.07) is 12.9. The molecule has 1 aromatic carbocycles. The maximum Gasteiger partial charge on any atom is 0.275 e. The SMILES string of the molecule is COC1(C(N)=O)CCC(n2nc(N(c3cc(C)[nH]n3)[C@@H](C)c3ccc(-n4cc(C)cn4)nc3)c3ccccc3c2=O)CC1. The largest absolute Gasteiger partial charge is 0.368 e. The molecule has 0 bridgehead atoms. The molecule has 1 aliphatic carbocycles. The quantitative estimate of drug-likeness (QED) is 0.277. The van der Waals surface area contributed by atoms with Gasteiger partial charge in [-0.05, 0) is 69.7 Å². The van der Waals surface area contributed by atoms with Crippen molar-refractivity contribution >= 4 is 28.3 Å². The van der Waals surface area contributed by atoms with Gasteiger partial charge in [-0.15, -0.1) is 0 Å². The Balaban J connectivity index is 1.45. The second kappa shape index (κ2) is 11.1. The number of amides is 1. The average molecular weight is 582 g/mol. The molecule has 3 N–H and O–H groups in total. The van der Waals surface area contributed by atoms with Gasteiger partial charge in [0.1, 0.15) is 5.60 Å². The second-order valence-electron chi connectivity index (χ2n) is 11.3. The Hall–Kier alpha value is -4.84. The van der Waals surface area contributed by atoms with Crippen molar-refractivity contribution in [2.75, 3.05) is 12.0 Å². The lowest BCUT2D eigenvalue weighted by Gasteiger charge is -2.37. The predicted molar refractivity (Wildman–Crippen MR) is 162 cm³/mol. The van der Waals surface area contributed by atoms with E-state index in [1.165, 1.54) is 7.11 Å². The number of pyridine rings is 1. The fraction of sp³-hybridized carbons (Fsp3) is 0.355. The van der Waals surface area contributed by atoms with Gasteiger partial charge in [0.25, 0.3) is 5.56 Å². The van der Waals surface area contributed by atoms with Crippen LogP contribution >= 0.6 is 0 Å². The molecule has 12 heteroatoms. The van der Waals surface area contributed by atoms with E-state index in [9.17, 15) is 9.59 Å². The molecular weight excluding hydrogens is 546 g/mol. The Labute approximate surface area is 248 Å². The van der Waals surface area contributed by atoms with Crippen molar-refractivity contribution < 1.29 is 9.53 Å². The first-order valence-electron chi connectivity index (χ1n) is 14.4. The molecule has 0 radical (unpaired) electrons. The van der Waals surface area contributed by atoms with Crippen molar-refractivity contribution in [1.82, 2.24) is 34.7 Å². The van der Waals surface area contributed by atoms with Crippen molar-refractivity contribution in [2.45, 2.75) is 64.1 Å². The number of fused-ring (bicyclic) bond motifs is 1. The summed E-state index contributed by atoms with van der Waals surface area (Å²) >= 11 is 0. The maximum absolute atomic E-state index is 13.8. The van der Waals surface area contributed by atoms with E-state index in [-0.39, 0.29) is 17.6 Å². The van der Waals surface area contributed by atoms with Crippen LogP contribution in [0.4, 0.5) is 11.6 Å². The highest BCUT2D eigenvalue weighted by atomic mass is 16.5. The van der Waals surface area contributed by atoms with Crippen LogP contribution in [-0.2, 0) is 9.53 Å². The van der Waals surface area contributed by atoms with Gasteiger partial charge in [0.15, 0.2) is 17.5 Å². The number of methoxy groups -OCH3 is 1. The summed E-state index contributed by atoms with van der Waals surface area (Å²) in [5.74, 6) is 1.49. The van der Waals surface area contributed by atoms with Crippen LogP contribution in [0.15, 0.2) is 65.8 Å². The number of hydrogen-bond donors (Lipinski definition) is 2. The van der Waals surface area contributed by atoms with Gasteiger partial charge in [0.05, 0.1) is 23.7 Å². The minimum absolute atomic E-state index is 0.181. The number of rotatable bonds is 8. The number of aromatic nitrogens is 7. The average Bonchev–Trinajstić information content (AvgIpc) is 3.66. The number of carbonyl (C=O) groups is 1. The Morgan fingerprint density at radius 2 is 1.88 bits per heavy atom. The molecule has 0 spiro atoms. The lowest BCUT2D eigenvalue weighted by molar-refractivity contribution is -0.145. The molecule has 1 aliphatic rings. The van der Waals surface area contributed by atoms with E-state index in [2.05, 4.69) is 27.2 Å². The number of aryl methyl sites for hydroxylation is 2. The number of nitrogens with two attached hydrogens (primary N) is 1. The van der Waals surface area contributed by atoms with Crippen molar-refractivity contribution in [1.29, 1.82) is 0 Å². The highest BCUT2D eigenvalue weighted by Gasteiger charge is 2.41. The number of carbonyl (C=O) groups excluding carboxylic acids is 1. The van der Waals surface area contributed by atoms with E-state index in [1.54, 1.807) is 15.6 Å². The third-order valence-corrected chi connectivity index (χ3v) is 8.51. The van der Waals surface area contributed by atoms with E-state index in [4.69, 9.17) is 15.6 Å². The summed E-state index contributed by atoms with van der Waals surface area (Å²) in [4.78, 5) is 32.7. The van der Waals surface area contributed by atoms with Crippen molar-refractivity contribution in [3.05, 3.63) is 88.2 Å². The van der Waals surface area contributed by atoms with Gasteiger partial charge < -0.3 is 15.4 Å². The molecule has 6 rings (SSSR count). The molecule has 0 aliphatic heterocycles. The van der Waals surface area contributed by atoms with E-state index in [0.717, 1.165) is 16.8 Å². The van der Waals surface area contributed by atoms with E-state index < -0.39 is 11.5 Å². The Morgan fingerprint density at radius 3 is 2.47 bits per heavy atom. The minimum atomic E-state index is -1.03. The normalized spacial score (nSPS) is 19.4. The Morgan fingerprint density at radius 1 is 1.14 bits per heavy atom. The van der Waals surface area contributed by atoms with Crippen LogP contribution in [0.3, 0.4) is 0 Å². The Bertz CT molecular complexity index is 1830. The van der Waals surface area contributed by atoms with Crippen LogP contribution in [0.5, 0.6) is 0 Å². The van der Waals surface area contributed by atoms with E-state index in [1.807, 2.05) is 73.6 Å². The van der Waals surface area contributed by atoms with Gasteiger partial charge in [0.2, 0.25) is 5.91 Å². The van der Waals surface area contributed by atoms with Gasteiger partial charge in [-0.25, -0.2) is 14.3 Å². The highest BCUT2D eigenvalue weighted by Crippen LogP contribution is 2.39. The number of primary amides is 1. The van der Waals surface area contributed by atoms with Crippen molar-refractivity contribution in [3.63, 3.8) is 0 Å². The number of nitrogens with zero attached hydrogens (tertiary/aromatic N) is 7. The molecule has 0 saturated heterocycles. The molecule has 1 atom stereocenters. The number of aromatic amines is 1. The van der Waals surface area contributed by atoms with Crippen molar-refractivity contribution in [2.24, 2.45) is 5.73 Å². The first-order valence-corrected chi connectivity index (χ1v) is 14.4. The fourth-order valence-electron chi connectivity index (χ4n) is 5.96. The molecule has 12 nitrogen and oxygen atoms in total. The molecule has 1 fully saturated rings. The predicted octanol–water partition coefficient (Wildman–Crippen LogP) is 4.20. The zero-order valence-electron chi connectivity index (χ0n) is 24.7. The number of hydrogen-bond acceptors (Lipinski definition) is 8. The maximum atomic E-state index is 13.8. The van der Waals surface area contributed by atoms with Gasteiger partial charge in [-0.3, -0.25) is 14.7 Å². The highest BCUT2D eigenvalue weighted by molar-refractivity contribution is 5.93. The molecule has 1 saturated carbocycles. The molecule has 4 heterocycles. The lowest BCUT2D eigenvalue weighted by Crippen LogP contribution is -2.49. The molecule has 0 unspecified atom stereocenters. The molecular formula is C31H35N9O3. The van der Waals surface area contributed by atoms with Crippen LogP contribution in [-0.4, -0.2) is 53.4 Å². The van der Waals surface area contributed by atoms with Gasteiger partial charge >= 0.3 is 0 Å². The summed E-state index contributed by atoms with van der Waals surface area (Å²) in [7, 11) is 1.51. The van der Waals surface area contributed by atoms with E-state index >= 15 is 0 Å². The molecule has 5 aromatic rings. The van der Waals surface area contributed by atoms with Crippen LogP contribution in [0.25, 0.3) is 16.6 Å². The van der Waals surface area contributed by atoms with Crippen LogP contribution in [0.1, 0.15) is 61.5 Å². The second-order valence-corrected chi connectivity index (χ2v) is 11.3. The molecule has 222 valence electrons. The summed E-state index contributed by atoms with van der Waals surface area (Å²) in [5.41, 5.74) is 7.35. The topological polar surface area (TPSA) is 150 Å². The summed E-state index contributed by atoms with van der Waals surface area (Å²) in [6.45, 7) is 5.99. The number of benzene rings is 1. The molecule has 4 aromatic heterocycles. The van der Waals surface area contributed by atoms with Crippen LogP contribution < -0.4 is 16.2 Å². The Kier molecular flexibility index (Phi) is 7.30. The molecule has 43 heavy (non-hydrogen) atoms. The first-order chi connectivity index (χ1) is 20.7. The lowest BCUT2D eigenvalue weighted by atomic mass is 9.81. The number of nitrogens with one attached hydrogen (secondary N) is 1. The third kappa shape index (κ3) is 5.07. The third-order valence-electron chi connectivity index (χ3n) is 8.51. The van der Waals surface area contributed by atoms with Crippen molar-refractivity contribution in [3.8, 4) is 5.82 Å². The minimum Gasteiger partial charge on any atom is -0.368 e. The van der Waals surface area contributed by atoms with E-state index in [0.29, 0.717) is 53.9 Å². The van der Waals surface area contributed by atoms with Crippen LogP contribution in [0, 0.1) is 13.8 Å². The zero-order chi connectivity index (χ0) is 30.3. The summed E-state index contributed by atoms with van der Waals surface area (Å²) in [5, 5.41) is 18.3. The van der Waals surface area contributed by atoms with Gasteiger partial charge in [0, 0.05) is 36.7 Å². The first kappa shape index (κ1) is 28.3. The standard InChI is InChI=1S/C31H35N9O3/c1-19-16-34-38(18-19)26-10-9-22(17-33-26)21(3)39(27-15-20(2)35-36-27)28-24-7-5-6-8-25(24)29(41)40(37-28)23-11-13-31(43-4,14-12-23)30(32)42/h5-10,15-18,21,23H,11-14H2,1-4H3,(H2,32,42)(H,35,36)/t21-,23?,31?/m0/s1. The van der Waals surface area contributed by atoms with Gasteiger partial charge in [-0.2, -0.15) is 15.3 Å². The number of H-pyrrole nitrogens is 1. The molecule has 1 amide bonds. The van der Waals surface area contributed by atoms with Crippen LogP contribution in [0.2, 0.25) is 0 Å². The summed E-state index contributed by atoms with van der Waals surface area (Å²) < 4.78 is 8.86. The summed E-state index contributed by atoms with van der Waals surface area (Å²) in [6.07, 6.45) is 7.42. The zero-order valence-corrected chi connectivity index (χ0v) is 24.7. The number of ether oxygens (including phenoxy) is 1. The smallest absolute Gasteiger partial charge is 0.275 e. The monoisotopic (exact) mass is 581 g/mol. The van der Waals surface area contributed by atoms with Gasteiger partial charge in [-0.1, -0.05) is 24.3 Å².